The molecule has 6 atom stereocenters. The van der Waals surface area contributed by atoms with Crippen LogP contribution in [0.1, 0.15) is 33.6 Å². The standard InChI is InChI=1S/C53H52N6O9S/c60-46-32-47(61)55-44(31-40-17-10-26-69-40)51(65)58-42(28-35-18-22-38(23-19-35)37-15-8-3-9-16-37)49(63)56-41(27-33-11-4-1-5-12-33)48(62)57-43(29-36-20-24-39(25-21-36)54-52(46)66)50(64)59-45(53(67)68)30-34-13-6-2-7-14-34/h1-26,41-46,60H,27-32H2,(H,54,66)(H,55,61)(H,56,63)(H,57,62)(H,58,65)(H,59,64)(H,67,68)/t41-,42+,43-,44-,45+,46-/m1/s1. The minimum absolute atomic E-state index is 0.0145. The summed E-state index contributed by atoms with van der Waals surface area (Å²) in [5.74, 6) is -6.08. The number of fused-ring (bicyclic) bond motifs is 18. The van der Waals surface area contributed by atoms with Crippen LogP contribution in [0, 0.1) is 0 Å². The van der Waals surface area contributed by atoms with E-state index in [2.05, 4.69) is 31.9 Å². The van der Waals surface area contributed by atoms with Crippen molar-refractivity contribution in [1.82, 2.24) is 26.6 Å². The fourth-order valence-electron chi connectivity index (χ4n) is 7.86. The van der Waals surface area contributed by atoms with Crippen molar-refractivity contribution in [3.8, 4) is 11.1 Å². The minimum Gasteiger partial charge on any atom is -0.480 e. The van der Waals surface area contributed by atoms with E-state index in [0.29, 0.717) is 22.3 Å². The van der Waals surface area contributed by atoms with E-state index < -0.39 is 84.1 Å². The maximum Gasteiger partial charge on any atom is 0.326 e. The molecule has 16 heteroatoms. The van der Waals surface area contributed by atoms with Gasteiger partial charge in [0.25, 0.3) is 5.91 Å². The van der Waals surface area contributed by atoms with E-state index in [1.54, 1.807) is 90.3 Å². The maximum absolute atomic E-state index is 14.8. The highest BCUT2D eigenvalue weighted by molar-refractivity contribution is 7.09. The number of carboxylic acids is 1. The van der Waals surface area contributed by atoms with Crippen molar-refractivity contribution in [2.45, 2.75) is 74.8 Å². The summed E-state index contributed by atoms with van der Waals surface area (Å²) >= 11 is 1.35. The quantitative estimate of drug-likeness (QED) is 0.0824. The third-order valence-electron chi connectivity index (χ3n) is 11.6. The average Bonchev–Trinajstić information content (AvgIpc) is 3.87. The molecular formula is C53H52N6O9S. The zero-order valence-electron chi connectivity index (χ0n) is 37.4. The van der Waals surface area contributed by atoms with E-state index in [-0.39, 0.29) is 37.8 Å². The van der Waals surface area contributed by atoms with Gasteiger partial charge in [-0.05, 0) is 57.0 Å². The van der Waals surface area contributed by atoms with Crippen molar-refractivity contribution in [1.29, 1.82) is 0 Å². The molecule has 354 valence electrons. The summed E-state index contributed by atoms with van der Waals surface area (Å²) in [6.45, 7) is 0. The van der Waals surface area contributed by atoms with E-state index in [1.807, 2.05) is 54.6 Å². The van der Waals surface area contributed by atoms with Gasteiger partial charge in [0.05, 0.1) is 6.42 Å². The lowest BCUT2D eigenvalue weighted by Crippen LogP contribution is -2.60. The number of aliphatic hydroxyl groups is 1. The number of carbonyl (C=O) groups excluding carboxylic acids is 6. The summed E-state index contributed by atoms with van der Waals surface area (Å²) in [5.41, 5.74) is 4.60. The number of thiophene rings is 1. The molecule has 0 spiro atoms. The first kappa shape index (κ1) is 49.0. The number of nitrogens with one attached hydrogen (secondary N) is 6. The number of carbonyl (C=O) groups is 7. The molecule has 6 aromatic rings. The van der Waals surface area contributed by atoms with Crippen LogP contribution in [-0.4, -0.2) is 87.9 Å². The Morgan fingerprint density at radius 2 is 1.10 bits per heavy atom. The smallest absolute Gasteiger partial charge is 0.326 e. The average molecular weight is 949 g/mol. The Balaban J connectivity index is 1.24. The predicted molar refractivity (Wildman–Crippen MR) is 261 cm³/mol. The molecule has 0 saturated heterocycles. The Kier molecular flexibility index (Phi) is 16.8. The van der Waals surface area contributed by atoms with Crippen LogP contribution < -0.4 is 31.9 Å². The van der Waals surface area contributed by atoms with Crippen LogP contribution in [-0.2, 0) is 65.7 Å². The second kappa shape index (κ2) is 23.7. The molecule has 3 heterocycles. The monoisotopic (exact) mass is 948 g/mol. The second-order valence-corrected chi connectivity index (χ2v) is 17.8. The molecule has 6 amide bonds. The van der Waals surface area contributed by atoms with Gasteiger partial charge >= 0.3 is 5.97 Å². The van der Waals surface area contributed by atoms with Gasteiger partial charge in [-0.3, -0.25) is 28.8 Å². The highest BCUT2D eigenvalue weighted by atomic mass is 32.1. The molecule has 8 N–H and O–H groups in total. The van der Waals surface area contributed by atoms with Crippen LogP contribution in [0.25, 0.3) is 11.1 Å². The molecule has 0 fully saturated rings. The maximum atomic E-state index is 14.8. The van der Waals surface area contributed by atoms with Crippen molar-refractivity contribution >= 4 is 58.4 Å². The van der Waals surface area contributed by atoms with Crippen LogP contribution in [0.3, 0.4) is 0 Å². The van der Waals surface area contributed by atoms with Gasteiger partial charge in [-0.25, -0.2) is 4.79 Å². The summed E-state index contributed by atoms with van der Waals surface area (Å²) in [5, 5.41) is 39.1. The van der Waals surface area contributed by atoms with Crippen molar-refractivity contribution in [2.24, 2.45) is 0 Å². The van der Waals surface area contributed by atoms with E-state index in [1.165, 1.54) is 23.5 Å². The van der Waals surface area contributed by atoms with Crippen molar-refractivity contribution in [2.75, 3.05) is 5.32 Å². The molecule has 0 unspecified atom stereocenters. The number of hydrogen-bond acceptors (Lipinski definition) is 9. The SMILES string of the molecule is O=C1C[C@@H](O)C(=O)Nc2ccc(cc2)C[C@H](C(=O)N[C@@H](Cc2ccccc2)C(=O)O)NC(=O)[C@@H](Cc2ccccc2)NC(=O)[C@H](Cc2ccc(-c3ccccc3)cc2)NC(=O)[C@@H](Cc2cccs2)N1. The fraction of sp³-hybridized carbons (Fsp3) is 0.226. The molecule has 69 heavy (non-hydrogen) atoms. The molecule has 8 rings (SSSR count). The normalized spacial score (nSPS) is 19.9. The van der Waals surface area contributed by atoms with Gasteiger partial charge in [-0.15, -0.1) is 11.3 Å². The lowest BCUT2D eigenvalue weighted by molar-refractivity contribution is -0.142. The highest BCUT2D eigenvalue weighted by Gasteiger charge is 2.34. The minimum atomic E-state index is -1.82. The van der Waals surface area contributed by atoms with Crippen molar-refractivity contribution in [3.63, 3.8) is 0 Å². The zero-order valence-corrected chi connectivity index (χ0v) is 38.2. The van der Waals surface area contributed by atoms with Gasteiger partial charge in [0.15, 0.2) is 0 Å². The van der Waals surface area contributed by atoms with Gasteiger partial charge < -0.3 is 42.1 Å². The van der Waals surface area contributed by atoms with Crippen molar-refractivity contribution < 1.29 is 43.8 Å². The van der Waals surface area contributed by atoms with Gasteiger partial charge in [0.1, 0.15) is 36.3 Å². The fourth-order valence-corrected chi connectivity index (χ4v) is 8.61. The van der Waals surface area contributed by atoms with Crippen LogP contribution >= 0.6 is 11.3 Å². The van der Waals surface area contributed by atoms with E-state index >= 15 is 0 Å². The lowest BCUT2D eigenvalue weighted by Gasteiger charge is -2.27. The predicted octanol–water partition coefficient (Wildman–Crippen LogP) is 4.14. The number of hydrogen-bond donors (Lipinski definition) is 8. The third-order valence-corrected chi connectivity index (χ3v) is 12.5. The van der Waals surface area contributed by atoms with E-state index in [4.69, 9.17) is 0 Å². The van der Waals surface area contributed by atoms with E-state index in [9.17, 15) is 43.8 Å². The first-order valence-electron chi connectivity index (χ1n) is 22.4. The van der Waals surface area contributed by atoms with Gasteiger partial charge in [-0.2, -0.15) is 0 Å². The molecule has 2 aliphatic heterocycles. The Morgan fingerprint density at radius 1 is 0.565 bits per heavy atom. The Hall–Kier alpha value is -7.95. The summed E-state index contributed by atoms with van der Waals surface area (Å²) in [7, 11) is 0. The van der Waals surface area contributed by atoms with Crippen LogP contribution in [0.4, 0.5) is 5.69 Å². The summed E-state index contributed by atoms with van der Waals surface area (Å²) in [4.78, 5) is 97.9. The molecule has 0 radical (unpaired) electrons. The molecule has 2 aliphatic rings. The lowest BCUT2D eigenvalue weighted by atomic mass is 9.98. The van der Waals surface area contributed by atoms with Gasteiger partial charge in [-0.1, -0.05) is 133 Å². The largest absolute Gasteiger partial charge is 0.480 e. The van der Waals surface area contributed by atoms with Crippen LogP contribution in [0.15, 0.2) is 157 Å². The van der Waals surface area contributed by atoms with E-state index in [0.717, 1.165) is 16.0 Å². The number of rotatable bonds is 12. The van der Waals surface area contributed by atoms with Crippen molar-refractivity contribution in [3.05, 3.63) is 184 Å². The number of aliphatic hydroxyl groups excluding tert-OH is 1. The summed E-state index contributed by atoms with van der Waals surface area (Å²) in [6, 6.07) is 37.8. The number of aliphatic carboxylic acids is 1. The van der Waals surface area contributed by atoms with Crippen LogP contribution in [0.5, 0.6) is 0 Å². The molecule has 1 aromatic heterocycles. The highest BCUT2D eigenvalue weighted by Crippen LogP contribution is 2.21. The van der Waals surface area contributed by atoms with Gasteiger partial charge in [0.2, 0.25) is 29.5 Å². The molecule has 0 aliphatic carbocycles. The second-order valence-electron chi connectivity index (χ2n) is 16.7. The van der Waals surface area contributed by atoms with Gasteiger partial charge in [0, 0.05) is 42.7 Å². The molecule has 5 aromatic carbocycles. The Morgan fingerprint density at radius 3 is 1.68 bits per heavy atom. The molecular weight excluding hydrogens is 897 g/mol. The number of carboxylic acid groups (broad SMARTS) is 1. The molecule has 0 saturated carbocycles. The third kappa shape index (κ3) is 14.3. The number of benzene rings is 5. The molecule has 2 bridgehead atoms. The number of anilines is 1. The Bertz CT molecular complexity index is 2710. The van der Waals surface area contributed by atoms with Crippen LogP contribution in [0.2, 0.25) is 0 Å². The summed E-state index contributed by atoms with van der Waals surface area (Å²) < 4.78 is 0. The zero-order chi connectivity index (χ0) is 48.7. The first-order valence-corrected chi connectivity index (χ1v) is 23.3. The first-order chi connectivity index (χ1) is 33.4. The summed E-state index contributed by atoms with van der Waals surface area (Å²) in [6.07, 6.45) is -2.79. The number of amides is 6. The Labute approximate surface area is 402 Å². The molecule has 15 nitrogen and oxygen atoms in total. The topological polar surface area (TPSA) is 232 Å².